The van der Waals surface area contributed by atoms with Gasteiger partial charge in [0.05, 0.1) is 0 Å². The molecule has 1 rings (SSSR count). The van der Waals surface area contributed by atoms with Crippen LogP contribution in [-0.4, -0.2) is 46.9 Å². The van der Waals surface area contributed by atoms with Crippen LogP contribution in [0.4, 0.5) is 0 Å². The number of rotatable bonds is 12. The maximum Gasteiger partial charge on any atom is 0.0459 e. The molecular formula is C18H32O4. The lowest BCUT2D eigenvalue weighted by molar-refractivity contribution is 0.133. The predicted molar refractivity (Wildman–Crippen MR) is 88.4 cm³/mol. The van der Waals surface area contributed by atoms with Crippen molar-refractivity contribution in [2.45, 2.75) is 44.9 Å². The zero-order valence-electron chi connectivity index (χ0n) is 13.5. The Morgan fingerprint density at radius 2 is 1.68 bits per heavy atom. The molecule has 4 N–H and O–H groups in total. The van der Waals surface area contributed by atoms with E-state index in [1.807, 2.05) is 0 Å². The van der Waals surface area contributed by atoms with E-state index < -0.39 is 0 Å². The minimum absolute atomic E-state index is 0.104. The van der Waals surface area contributed by atoms with E-state index in [2.05, 4.69) is 18.2 Å². The van der Waals surface area contributed by atoms with Gasteiger partial charge in [0.1, 0.15) is 0 Å². The van der Waals surface area contributed by atoms with Crippen molar-refractivity contribution in [1.29, 1.82) is 0 Å². The van der Waals surface area contributed by atoms with E-state index in [9.17, 15) is 15.3 Å². The third-order valence-electron chi connectivity index (χ3n) is 4.62. The van der Waals surface area contributed by atoms with Crippen molar-refractivity contribution in [2.24, 2.45) is 17.8 Å². The number of hydrogen-bond acceptors (Lipinski definition) is 4. The minimum atomic E-state index is 0.104. The number of hydrogen-bond donors (Lipinski definition) is 4. The molecule has 1 aliphatic carbocycles. The van der Waals surface area contributed by atoms with Crippen LogP contribution in [0.25, 0.3) is 0 Å². The Balaban J connectivity index is 2.59. The van der Waals surface area contributed by atoms with Crippen molar-refractivity contribution in [3.8, 4) is 0 Å². The van der Waals surface area contributed by atoms with Gasteiger partial charge in [-0.1, -0.05) is 23.8 Å². The SMILES string of the molecule is OCCCC(CO)CC(CO)CC(CCO)C1=CC=CCC1. The van der Waals surface area contributed by atoms with Gasteiger partial charge in [-0.3, -0.25) is 0 Å². The first-order valence-electron chi connectivity index (χ1n) is 8.54. The van der Waals surface area contributed by atoms with Crippen LogP contribution in [0.5, 0.6) is 0 Å². The Hall–Kier alpha value is -0.680. The van der Waals surface area contributed by atoms with Gasteiger partial charge in [-0.2, -0.15) is 0 Å². The number of allylic oxidation sites excluding steroid dienone is 4. The lowest BCUT2D eigenvalue weighted by Gasteiger charge is -2.27. The summed E-state index contributed by atoms with van der Waals surface area (Å²) in [6.45, 7) is 0.526. The molecule has 4 nitrogen and oxygen atoms in total. The molecule has 0 bridgehead atoms. The average Bonchev–Trinajstić information content (AvgIpc) is 2.57. The zero-order valence-corrected chi connectivity index (χ0v) is 13.5. The molecule has 0 heterocycles. The molecular weight excluding hydrogens is 280 g/mol. The topological polar surface area (TPSA) is 80.9 Å². The summed E-state index contributed by atoms with van der Waals surface area (Å²) in [6, 6.07) is 0. The van der Waals surface area contributed by atoms with Gasteiger partial charge in [0.25, 0.3) is 0 Å². The van der Waals surface area contributed by atoms with Gasteiger partial charge in [-0.25, -0.2) is 0 Å². The first kappa shape index (κ1) is 19.4. The van der Waals surface area contributed by atoms with Crippen LogP contribution in [0.1, 0.15) is 44.9 Å². The van der Waals surface area contributed by atoms with Gasteiger partial charge < -0.3 is 20.4 Å². The van der Waals surface area contributed by atoms with Gasteiger partial charge in [-0.15, -0.1) is 0 Å². The fourth-order valence-electron chi connectivity index (χ4n) is 3.35. The summed E-state index contributed by atoms with van der Waals surface area (Å²) in [5.74, 6) is 0.586. The molecule has 0 aliphatic heterocycles. The van der Waals surface area contributed by atoms with E-state index in [4.69, 9.17) is 5.11 Å². The maximum absolute atomic E-state index is 9.68. The largest absolute Gasteiger partial charge is 0.396 e. The summed E-state index contributed by atoms with van der Waals surface area (Å²) >= 11 is 0. The Kier molecular flexibility index (Phi) is 10.4. The lowest BCUT2D eigenvalue weighted by Crippen LogP contribution is -2.21. The third kappa shape index (κ3) is 7.05. The smallest absolute Gasteiger partial charge is 0.0459 e. The highest BCUT2D eigenvalue weighted by Crippen LogP contribution is 2.31. The minimum Gasteiger partial charge on any atom is -0.396 e. The predicted octanol–water partition coefficient (Wildman–Crippen LogP) is 2.03. The van der Waals surface area contributed by atoms with Crippen LogP contribution >= 0.6 is 0 Å². The van der Waals surface area contributed by atoms with Crippen molar-refractivity contribution in [3.05, 3.63) is 23.8 Å². The number of aliphatic hydroxyl groups excluding tert-OH is 4. The highest BCUT2D eigenvalue weighted by Gasteiger charge is 2.22. The van der Waals surface area contributed by atoms with Crippen molar-refractivity contribution >= 4 is 0 Å². The second kappa shape index (κ2) is 11.8. The Bertz CT molecular complexity index is 338. The monoisotopic (exact) mass is 312 g/mol. The highest BCUT2D eigenvalue weighted by molar-refractivity contribution is 5.20. The molecule has 0 fully saturated rings. The molecule has 0 saturated heterocycles. The second-order valence-corrected chi connectivity index (χ2v) is 6.35. The molecule has 0 aromatic rings. The summed E-state index contributed by atoms with van der Waals surface area (Å²) < 4.78 is 0. The van der Waals surface area contributed by atoms with Gasteiger partial charge in [0.2, 0.25) is 0 Å². The van der Waals surface area contributed by atoms with Gasteiger partial charge >= 0.3 is 0 Å². The van der Waals surface area contributed by atoms with E-state index in [0.717, 1.165) is 38.5 Å². The lowest BCUT2D eigenvalue weighted by atomic mass is 9.80. The molecule has 22 heavy (non-hydrogen) atoms. The van der Waals surface area contributed by atoms with Crippen LogP contribution in [0.3, 0.4) is 0 Å². The molecule has 0 aromatic heterocycles. The van der Waals surface area contributed by atoms with Crippen LogP contribution in [0, 0.1) is 17.8 Å². The fraction of sp³-hybridized carbons (Fsp3) is 0.778. The van der Waals surface area contributed by atoms with Crippen molar-refractivity contribution in [1.82, 2.24) is 0 Å². The van der Waals surface area contributed by atoms with Crippen LogP contribution < -0.4 is 0 Å². The van der Waals surface area contributed by atoms with Crippen molar-refractivity contribution in [2.75, 3.05) is 26.4 Å². The average molecular weight is 312 g/mol. The summed E-state index contributed by atoms with van der Waals surface area (Å²) in [4.78, 5) is 0. The molecule has 3 atom stereocenters. The summed E-state index contributed by atoms with van der Waals surface area (Å²) in [6.07, 6.45) is 12.3. The quantitative estimate of drug-likeness (QED) is 0.444. The molecule has 0 aromatic carbocycles. The Labute approximate surface area is 134 Å². The van der Waals surface area contributed by atoms with E-state index in [1.165, 1.54) is 5.57 Å². The number of aliphatic hydroxyl groups is 4. The molecule has 0 spiro atoms. The zero-order chi connectivity index (χ0) is 16.2. The van der Waals surface area contributed by atoms with E-state index >= 15 is 0 Å². The fourth-order valence-corrected chi connectivity index (χ4v) is 3.35. The van der Waals surface area contributed by atoms with E-state index in [-0.39, 0.29) is 38.3 Å². The second-order valence-electron chi connectivity index (χ2n) is 6.35. The standard InChI is InChI=1S/C18H32O4/c19-9-4-5-15(13-21)11-16(14-22)12-18(8-10-20)17-6-2-1-3-7-17/h1-2,6,15-16,18-22H,3-5,7-14H2. The summed E-state index contributed by atoms with van der Waals surface area (Å²) in [7, 11) is 0. The highest BCUT2D eigenvalue weighted by atomic mass is 16.3. The molecule has 4 heteroatoms. The van der Waals surface area contributed by atoms with E-state index in [1.54, 1.807) is 0 Å². The third-order valence-corrected chi connectivity index (χ3v) is 4.62. The maximum atomic E-state index is 9.68. The van der Waals surface area contributed by atoms with Gasteiger partial charge in [0.15, 0.2) is 0 Å². The van der Waals surface area contributed by atoms with Crippen LogP contribution in [0.15, 0.2) is 23.8 Å². The normalized spacial score (nSPS) is 18.8. The van der Waals surface area contributed by atoms with E-state index in [0.29, 0.717) is 12.3 Å². The van der Waals surface area contributed by atoms with Crippen LogP contribution in [-0.2, 0) is 0 Å². The molecule has 3 unspecified atom stereocenters. The van der Waals surface area contributed by atoms with Crippen LogP contribution in [0.2, 0.25) is 0 Å². The summed E-state index contributed by atoms with van der Waals surface area (Å²) in [5, 5.41) is 37.4. The molecule has 128 valence electrons. The Morgan fingerprint density at radius 1 is 0.909 bits per heavy atom. The molecule has 0 radical (unpaired) electrons. The van der Waals surface area contributed by atoms with Gasteiger partial charge in [-0.05, 0) is 62.7 Å². The molecule has 1 aliphatic rings. The van der Waals surface area contributed by atoms with Gasteiger partial charge in [0, 0.05) is 26.4 Å². The first-order valence-corrected chi connectivity index (χ1v) is 8.54. The summed E-state index contributed by atoms with van der Waals surface area (Å²) in [5.41, 5.74) is 1.37. The Morgan fingerprint density at radius 3 is 2.23 bits per heavy atom. The van der Waals surface area contributed by atoms with Crippen molar-refractivity contribution in [3.63, 3.8) is 0 Å². The molecule has 0 amide bonds. The first-order chi connectivity index (χ1) is 10.7. The van der Waals surface area contributed by atoms with Crippen molar-refractivity contribution < 1.29 is 20.4 Å². The molecule has 0 saturated carbocycles.